The molecule has 1 amide bonds. The van der Waals surface area contributed by atoms with Gasteiger partial charge in [-0.05, 0) is 64.2 Å². The molecular formula is C48H91NO10. The van der Waals surface area contributed by atoms with Crippen LogP contribution in [0.15, 0.2) is 24.3 Å². The van der Waals surface area contributed by atoms with E-state index in [1.54, 1.807) is 0 Å². The highest BCUT2D eigenvalue weighted by molar-refractivity contribution is 5.80. The van der Waals surface area contributed by atoms with Crippen molar-refractivity contribution in [3.63, 3.8) is 0 Å². The Morgan fingerprint density at radius 1 is 0.576 bits per heavy atom. The van der Waals surface area contributed by atoms with Gasteiger partial charge in [0, 0.05) is 0 Å². The van der Waals surface area contributed by atoms with E-state index in [1.807, 2.05) is 0 Å². The van der Waals surface area contributed by atoms with E-state index in [1.165, 1.54) is 109 Å². The molecule has 1 heterocycles. The van der Waals surface area contributed by atoms with Crippen LogP contribution >= 0.6 is 0 Å². The predicted octanol–water partition coefficient (Wildman–Crippen LogP) is 8.23. The van der Waals surface area contributed by atoms with Gasteiger partial charge in [0.2, 0.25) is 5.91 Å². The molecule has 1 rings (SSSR count). The lowest BCUT2D eigenvalue weighted by Gasteiger charge is -2.40. The van der Waals surface area contributed by atoms with E-state index < -0.39 is 74.2 Å². The molecule has 1 fully saturated rings. The predicted molar refractivity (Wildman–Crippen MR) is 238 cm³/mol. The number of unbranched alkanes of at least 4 members (excludes halogenated alkanes) is 24. The van der Waals surface area contributed by atoms with Gasteiger partial charge in [0.05, 0.1) is 25.4 Å². The second-order valence-electron chi connectivity index (χ2n) is 17.2. The summed E-state index contributed by atoms with van der Waals surface area (Å²) in [5.41, 5.74) is 0. The summed E-state index contributed by atoms with van der Waals surface area (Å²) in [6, 6.07) is -1.18. The summed E-state index contributed by atoms with van der Waals surface area (Å²) in [6.07, 6.45) is 30.8. The molecule has 0 aliphatic carbocycles. The molecule has 1 aliphatic rings. The van der Waals surface area contributed by atoms with Gasteiger partial charge in [0.1, 0.15) is 36.6 Å². The van der Waals surface area contributed by atoms with Crippen LogP contribution in [0.25, 0.3) is 0 Å². The molecule has 9 unspecified atom stereocenters. The van der Waals surface area contributed by atoms with Gasteiger partial charge >= 0.3 is 0 Å². The van der Waals surface area contributed by atoms with Crippen LogP contribution in [0.3, 0.4) is 0 Å². The highest BCUT2D eigenvalue weighted by Gasteiger charge is 2.44. The third kappa shape index (κ3) is 28.0. The number of aliphatic hydroxyl groups excluding tert-OH is 7. The normalized spacial score (nSPS) is 21.9. The Hall–Kier alpha value is -1.41. The number of carbonyl (C=O) groups is 1. The summed E-state index contributed by atoms with van der Waals surface area (Å²) in [6.45, 7) is 3.42. The van der Waals surface area contributed by atoms with E-state index in [4.69, 9.17) is 9.47 Å². The van der Waals surface area contributed by atoms with E-state index in [0.29, 0.717) is 12.8 Å². The van der Waals surface area contributed by atoms with Gasteiger partial charge < -0.3 is 50.5 Å². The lowest BCUT2D eigenvalue weighted by molar-refractivity contribution is -0.303. The molecule has 9 atom stereocenters. The quantitative estimate of drug-likeness (QED) is 0.0221. The van der Waals surface area contributed by atoms with Gasteiger partial charge in [-0.2, -0.15) is 0 Å². The second-order valence-corrected chi connectivity index (χ2v) is 17.2. The first-order chi connectivity index (χ1) is 28.7. The molecule has 1 aliphatic heterocycles. The molecule has 8 N–H and O–H groups in total. The summed E-state index contributed by atoms with van der Waals surface area (Å²) >= 11 is 0. The van der Waals surface area contributed by atoms with Crippen molar-refractivity contribution in [1.82, 2.24) is 5.32 Å². The highest BCUT2D eigenvalue weighted by atomic mass is 16.7. The van der Waals surface area contributed by atoms with Crippen LogP contribution in [0.2, 0.25) is 0 Å². The number of rotatable bonds is 40. The fourth-order valence-corrected chi connectivity index (χ4v) is 7.67. The number of ether oxygens (including phenoxy) is 2. The highest BCUT2D eigenvalue weighted by Crippen LogP contribution is 2.23. The number of allylic oxidation sites excluding steroid dienone is 4. The molecular weight excluding hydrogens is 751 g/mol. The van der Waals surface area contributed by atoms with Crippen molar-refractivity contribution in [3.8, 4) is 0 Å². The first-order valence-electron chi connectivity index (χ1n) is 24.2. The average molecular weight is 842 g/mol. The largest absolute Gasteiger partial charge is 0.394 e. The van der Waals surface area contributed by atoms with Gasteiger partial charge in [-0.15, -0.1) is 0 Å². The lowest BCUT2D eigenvalue weighted by Crippen LogP contribution is -2.60. The maximum atomic E-state index is 13.1. The van der Waals surface area contributed by atoms with Crippen LogP contribution in [0.4, 0.5) is 0 Å². The van der Waals surface area contributed by atoms with Crippen LogP contribution in [-0.4, -0.2) is 110 Å². The van der Waals surface area contributed by atoms with Crippen molar-refractivity contribution >= 4 is 5.91 Å². The average Bonchev–Trinajstić information content (AvgIpc) is 3.23. The van der Waals surface area contributed by atoms with Crippen molar-refractivity contribution in [2.75, 3.05) is 13.2 Å². The summed E-state index contributed by atoms with van der Waals surface area (Å²) < 4.78 is 11.1. The standard InChI is InChI=1S/C48H91NO10/c1-3-5-7-9-11-13-15-17-18-19-20-21-22-24-26-28-30-32-34-36-41(52)47(57)49-39(38-58-48-46(56)45(55)44(54)42(37-50)59-48)43(53)40(51)35-33-31-29-27-25-23-16-14-12-10-8-6-4-2/h20-21,27,29,39-46,48,50-56H,3-19,22-26,28,30-38H2,1-2H3,(H,49,57)/b21-20-,29-27+. The van der Waals surface area contributed by atoms with Crippen molar-refractivity contribution in [2.24, 2.45) is 0 Å². The minimum atomic E-state index is -1.67. The molecule has 59 heavy (non-hydrogen) atoms. The smallest absolute Gasteiger partial charge is 0.249 e. The third-order valence-electron chi connectivity index (χ3n) is 11.7. The molecule has 11 heteroatoms. The summed E-state index contributed by atoms with van der Waals surface area (Å²) in [4.78, 5) is 13.1. The van der Waals surface area contributed by atoms with Crippen molar-refractivity contribution in [2.45, 2.75) is 262 Å². The number of nitrogens with one attached hydrogen (secondary N) is 1. The molecule has 0 saturated carbocycles. The Bertz CT molecular complexity index is 1010. The Balaban J connectivity index is 2.44. The summed E-state index contributed by atoms with van der Waals surface area (Å²) in [7, 11) is 0. The molecule has 0 radical (unpaired) electrons. The van der Waals surface area contributed by atoms with Crippen LogP contribution in [-0.2, 0) is 14.3 Å². The Morgan fingerprint density at radius 2 is 1.00 bits per heavy atom. The van der Waals surface area contributed by atoms with Crippen LogP contribution in [0.1, 0.15) is 206 Å². The molecule has 0 spiro atoms. The zero-order valence-corrected chi connectivity index (χ0v) is 37.5. The minimum absolute atomic E-state index is 0.248. The van der Waals surface area contributed by atoms with Crippen molar-refractivity contribution in [3.05, 3.63) is 24.3 Å². The zero-order valence-electron chi connectivity index (χ0n) is 37.5. The maximum Gasteiger partial charge on any atom is 0.249 e. The van der Waals surface area contributed by atoms with Gasteiger partial charge in [0.15, 0.2) is 6.29 Å². The van der Waals surface area contributed by atoms with E-state index >= 15 is 0 Å². The fourth-order valence-electron chi connectivity index (χ4n) is 7.67. The first kappa shape index (κ1) is 55.6. The van der Waals surface area contributed by atoms with E-state index in [-0.39, 0.29) is 12.8 Å². The number of carbonyl (C=O) groups excluding carboxylic acids is 1. The minimum Gasteiger partial charge on any atom is -0.394 e. The monoisotopic (exact) mass is 842 g/mol. The van der Waals surface area contributed by atoms with Crippen molar-refractivity contribution < 1.29 is 50.0 Å². The maximum absolute atomic E-state index is 13.1. The molecule has 0 aromatic rings. The van der Waals surface area contributed by atoms with Gasteiger partial charge in [-0.3, -0.25) is 4.79 Å². The van der Waals surface area contributed by atoms with Crippen molar-refractivity contribution in [1.29, 1.82) is 0 Å². The Morgan fingerprint density at radius 3 is 1.46 bits per heavy atom. The zero-order chi connectivity index (χ0) is 43.4. The van der Waals surface area contributed by atoms with Crippen LogP contribution in [0, 0.1) is 0 Å². The third-order valence-corrected chi connectivity index (χ3v) is 11.7. The van der Waals surface area contributed by atoms with Gasteiger partial charge in [0.25, 0.3) is 0 Å². The SMILES string of the molecule is CCCCCCCCCC/C=C/CCCC(O)C(O)C(COC1OC(CO)C(O)C(O)C1O)NC(=O)C(O)CCCCCCCC/C=C\CCCCCCCCCCC. The van der Waals surface area contributed by atoms with E-state index in [2.05, 4.69) is 43.5 Å². The Kier molecular flexibility index (Phi) is 36.1. The van der Waals surface area contributed by atoms with Gasteiger partial charge in [-0.25, -0.2) is 0 Å². The number of amides is 1. The number of hydrogen-bond donors (Lipinski definition) is 8. The van der Waals surface area contributed by atoms with E-state index in [9.17, 15) is 40.5 Å². The first-order valence-corrected chi connectivity index (χ1v) is 24.2. The summed E-state index contributed by atoms with van der Waals surface area (Å²) in [5, 5.41) is 75.6. The van der Waals surface area contributed by atoms with Crippen LogP contribution < -0.4 is 5.32 Å². The topological polar surface area (TPSA) is 189 Å². The molecule has 348 valence electrons. The molecule has 11 nitrogen and oxygen atoms in total. The number of aliphatic hydroxyl groups is 7. The van der Waals surface area contributed by atoms with Gasteiger partial charge in [-0.1, -0.05) is 167 Å². The summed E-state index contributed by atoms with van der Waals surface area (Å²) in [5.74, 6) is -0.711. The lowest BCUT2D eigenvalue weighted by atomic mass is 9.98. The molecule has 0 aromatic heterocycles. The molecule has 0 aromatic carbocycles. The van der Waals surface area contributed by atoms with Crippen LogP contribution in [0.5, 0.6) is 0 Å². The Labute approximate surface area is 359 Å². The number of hydrogen-bond acceptors (Lipinski definition) is 10. The second kappa shape index (κ2) is 38.3. The fraction of sp³-hybridized carbons (Fsp3) is 0.896. The molecule has 0 bridgehead atoms. The molecule has 1 saturated heterocycles. The van der Waals surface area contributed by atoms with E-state index in [0.717, 1.165) is 57.8 Å².